The second kappa shape index (κ2) is 5.54. The van der Waals surface area contributed by atoms with Crippen molar-refractivity contribution in [2.24, 2.45) is 0 Å². The summed E-state index contributed by atoms with van der Waals surface area (Å²) in [5.41, 5.74) is 0.936. The van der Waals surface area contributed by atoms with Crippen molar-refractivity contribution >= 4 is 16.8 Å². The number of alkyl halides is 5. The van der Waals surface area contributed by atoms with Gasteiger partial charge in [-0.25, -0.2) is 8.78 Å². The molecule has 27 heavy (non-hydrogen) atoms. The van der Waals surface area contributed by atoms with Crippen molar-refractivity contribution in [1.82, 2.24) is 20.1 Å². The second-order valence-corrected chi connectivity index (χ2v) is 6.55. The van der Waals surface area contributed by atoms with E-state index in [0.29, 0.717) is 22.2 Å². The highest BCUT2D eigenvalue weighted by atomic mass is 19.4. The van der Waals surface area contributed by atoms with Gasteiger partial charge in [-0.15, -0.1) is 0 Å². The summed E-state index contributed by atoms with van der Waals surface area (Å²) in [6, 6.07) is 3.22. The number of fused-ring (bicyclic) bond motifs is 1. The summed E-state index contributed by atoms with van der Waals surface area (Å²) < 4.78 is 64.5. The average molecular weight is 384 g/mol. The molecule has 1 amide bonds. The van der Waals surface area contributed by atoms with E-state index < -0.39 is 36.7 Å². The van der Waals surface area contributed by atoms with Crippen LogP contribution in [0, 0.1) is 6.92 Å². The molecule has 5 nitrogen and oxygen atoms in total. The first-order chi connectivity index (χ1) is 12.6. The number of aromatic nitrogens is 3. The highest BCUT2D eigenvalue weighted by molar-refractivity contribution is 5.99. The first-order valence-electron chi connectivity index (χ1n) is 7.97. The minimum absolute atomic E-state index is 0.156. The molecule has 10 heteroatoms. The first-order valence-corrected chi connectivity index (χ1v) is 7.97. The van der Waals surface area contributed by atoms with Gasteiger partial charge >= 0.3 is 6.18 Å². The van der Waals surface area contributed by atoms with Crippen LogP contribution >= 0.6 is 0 Å². The SMILES string of the molecule is Cc1c(-c2n[nH]c3cc(C(F)(F)F)ccc23)c[nH]c1C(=O)N1CC(F)(F)C1. The molecule has 4 rings (SSSR count). The lowest BCUT2D eigenvalue weighted by molar-refractivity contribution is -0.137. The fourth-order valence-corrected chi connectivity index (χ4v) is 3.18. The Morgan fingerprint density at radius 3 is 2.59 bits per heavy atom. The molecule has 1 aromatic carbocycles. The lowest BCUT2D eigenvalue weighted by Gasteiger charge is -2.38. The Kier molecular flexibility index (Phi) is 3.59. The van der Waals surface area contributed by atoms with Crippen LogP contribution in [-0.4, -0.2) is 45.0 Å². The van der Waals surface area contributed by atoms with Gasteiger partial charge < -0.3 is 9.88 Å². The quantitative estimate of drug-likeness (QED) is 0.657. The number of aromatic amines is 2. The predicted molar refractivity (Wildman–Crippen MR) is 86.5 cm³/mol. The number of H-pyrrole nitrogens is 2. The number of nitrogens with zero attached hydrogens (tertiary/aromatic N) is 2. The number of likely N-dealkylation sites (tertiary alicyclic amines) is 1. The van der Waals surface area contributed by atoms with E-state index in [1.54, 1.807) is 6.92 Å². The molecule has 2 aromatic heterocycles. The number of halogens is 5. The number of hydrogen-bond donors (Lipinski definition) is 2. The number of carbonyl (C=O) groups is 1. The molecule has 0 unspecified atom stereocenters. The first kappa shape index (κ1) is 17.5. The lowest BCUT2D eigenvalue weighted by atomic mass is 10.0. The normalized spacial score (nSPS) is 16.6. The smallest absolute Gasteiger partial charge is 0.356 e. The summed E-state index contributed by atoms with van der Waals surface area (Å²) in [6.45, 7) is 0.359. The molecular formula is C17H13F5N4O. The zero-order valence-corrected chi connectivity index (χ0v) is 13.9. The molecule has 0 saturated carbocycles. The Hall–Kier alpha value is -2.91. The molecule has 1 fully saturated rings. The van der Waals surface area contributed by atoms with E-state index in [0.717, 1.165) is 17.0 Å². The highest BCUT2D eigenvalue weighted by Gasteiger charge is 2.47. The fraction of sp³-hybridized carbons (Fsp3) is 0.294. The van der Waals surface area contributed by atoms with Crippen LogP contribution in [0.4, 0.5) is 22.0 Å². The van der Waals surface area contributed by atoms with Gasteiger partial charge in [0.05, 0.1) is 24.2 Å². The van der Waals surface area contributed by atoms with Crippen LogP contribution in [0.15, 0.2) is 24.4 Å². The Bertz CT molecular complexity index is 1040. The number of hydrogen-bond acceptors (Lipinski definition) is 2. The molecule has 2 N–H and O–H groups in total. The van der Waals surface area contributed by atoms with Crippen molar-refractivity contribution in [1.29, 1.82) is 0 Å². The van der Waals surface area contributed by atoms with Gasteiger partial charge in [0, 0.05) is 17.1 Å². The number of amides is 1. The maximum Gasteiger partial charge on any atom is 0.416 e. The summed E-state index contributed by atoms with van der Waals surface area (Å²) in [6.07, 6.45) is -2.98. The Morgan fingerprint density at radius 1 is 1.26 bits per heavy atom. The van der Waals surface area contributed by atoms with Gasteiger partial charge in [-0.05, 0) is 30.7 Å². The molecule has 3 heterocycles. The summed E-state index contributed by atoms with van der Waals surface area (Å²) in [5, 5.41) is 7.09. The van der Waals surface area contributed by atoms with Crippen molar-refractivity contribution in [3.8, 4) is 11.3 Å². The van der Waals surface area contributed by atoms with E-state index in [1.807, 2.05) is 0 Å². The maximum atomic E-state index is 13.0. The van der Waals surface area contributed by atoms with Gasteiger partial charge in [-0.2, -0.15) is 18.3 Å². The molecule has 0 bridgehead atoms. The standard InChI is InChI=1S/C17H13F5N4O/c1-8-11(5-23-13(8)15(27)26-6-16(18,19)7-26)14-10-3-2-9(17(20,21)22)4-12(10)24-25-14/h2-5,23H,6-7H2,1H3,(H,24,25). The van der Waals surface area contributed by atoms with E-state index in [9.17, 15) is 26.7 Å². The third-order valence-electron chi connectivity index (χ3n) is 4.63. The zero-order valence-electron chi connectivity index (χ0n) is 13.9. The van der Waals surface area contributed by atoms with Crippen LogP contribution in [0.25, 0.3) is 22.2 Å². The Labute approximate surface area is 149 Å². The summed E-state index contributed by atoms with van der Waals surface area (Å²) in [5.74, 6) is -3.42. The predicted octanol–water partition coefficient (Wildman–Crippen LogP) is 3.98. The van der Waals surface area contributed by atoms with Crippen LogP contribution < -0.4 is 0 Å². The molecule has 0 aliphatic carbocycles. The molecule has 1 aliphatic heterocycles. The van der Waals surface area contributed by atoms with E-state index in [-0.39, 0.29) is 11.2 Å². The van der Waals surface area contributed by atoms with E-state index in [1.165, 1.54) is 12.3 Å². The van der Waals surface area contributed by atoms with Crippen molar-refractivity contribution < 1.29 is 26.7 Å². The van der Waals surface area contributed by atoms with Crippen molar-refractivity contribution in [2.45, 2.75) is 19.0 Å². The van der Waals surface area contributed by atoms with Gasteiger partial charge in [0.2, 0.25) is 0 Å². The van der Waals surface area contributed by atoms with Gasteiger partial charge in [-0.3, -0.25) is 9.89 Å². The van der Waals surface area contributed by atoms with Crippen molar-refractivity contribution in [3.05, 3.63) is 41.2 Å². The molecular weight excluding hydrogens is 371 g/mol. The summed E-state index contributed by atoms with van der Waals surface area (Å²) in [7, 11) is 0. The summed E-state index contributed by atoms with van der Waals surface area (Å²) in [4.78, 5) is 16.1. The largest absolute Gasteiger partial charge is 0.416 e. The fourth-order valence-electron chi connectivity index (χ4n) is 3.18. The van der Waals surface area contributed by atoms with E-state index in [2.05, 4.69) is 15.2 Å². The van der Waals surface area contributed by atoms with Gasteiger partial charge in [0.15, 0.2) is 0 Å². The monoisotopic (exact) mass is 384 g/mol. The second-order valence-electron chi connectivity index (χ2n) is 6.55. The van der Waals surface area contributed by atoms with E-state index in [4.69, 9.17) is 0 Å². The van der Waals surface area contributed by atoms with E-state index >= 15 is 0 Å². The molecule has 0 spiro atoms. The third-order valence-corrected chi connectivity index (χ3v) is 4.63. The lowest BCUT2D eigenvalue weighted by Crippen LogP contribution is -2.58. The molecule has 1 saturated heterocycles. The maximum absolute atomic E-state index is 13.0. The van der Waals surface area contributed by atoms with Gasteiger partial charge in [-0.1, -0.05) is 0 Å². The number of benzene rings is 1. The molecule has 3 aromatic rings. The van der Waals surface area contributed by atoms with Crippen LogP contribution in [0.1, 0.15) is 21.6 Å². The molecule has 0 radical (unpaired) electrons. The van der Waals surface area contributed by atoms with Crippen LogP contribution in [0.3, 0.4) is 0 Å². The van der Waals surface area contributed by atoms with Crippen LogP contribution in [0.5, 0.6) is 0 Å². The Balaban J connectivity index is 1.69. The topological polar surface area (TPSA) is 64.8 Å². The summed E-state index contributed by atoms with van der Waals surface area (Å²) >= 11 is 0. The number of nitrogens with one attached hydrogen (secondary N) is 2. The highest BCUT2D eigenvalue weighted by Crippen LogP contribution is 2.36. The molecule has 142 valence electrons. The minimum atomic E-state index is -4.47. The van der Waals surface area contributed by atoms with Crippen molar-refractivity contribution in [2.75, 3.05) is 13.1 Å². The molecule has 0 atom stereocenters. The van der Waals surface area contributed by atoms with Crippen LogP contribution in [-0.2, 0) is 6.18 Å². The minimum Gasteiger partial charge on any atom is -0.356 e. The van der Waals surface area contributed by atoms with Gasteiger partial charge in [0.1, 0.15) is 11.4 Å². The molecule has 1 aliphatic rings. The van der Waals surface area contributed by atoms with Gasteiger partial charge in [0.25, 0.3) is 11.8 Å². The number of rotatable bonds is 2. The Morgan fingerprint density at radius 2 is 1.96 bits per heavy atom. The third kappa shape index (κ3) is 2.84. The average Bonchev–Trinajstić information content (AvgIpc) is 3.13. The van der Waals surface area contributed by atoms with Crippen molar-refractivity contribution in [3.63, 3.8) is 0 Å². The zero-order chi connectivity index (χ0) is 19.6. The van der Waals surface area contributed by atoms with Crippen LogP contribution in [0.2, 0.25) is 0 Å². The number of carbonyl (C=O) groups excluding carboxylic acids is 1.